The minimum absolute atomic E-state index is 0.00138. The van der Waals surface area contributed by atoms with Crippen LogP contribution in [0.2, 0.25) is 0 Å². The predicted molar refractivity (Wildman–Crippen MR) is 145 cm³/mol. The lowest BCUT2D eigenvalue weighted by Crippen LogP contribution is -2.38. The van der Waals surface area contributed by atoms with Crippen LogP contribution in [0.4, 0.5) is 4.39 Å². The largest absolute Gasteiger partial charge is 0.507 e. The number of likely N-dealkylation sites (N-methyl/N-ethyl adjacent to an activating group) is 1. The summed E-state index contributed by atoms with van der Waals surface area (Å²) in [5.74, 6) is -1.46. The van der Waals surface area contributed by atoms with Gasteiger partial charge in [0.25, 0.3) is 11.7 Å². The van der Waals surface area contributed by atoms with Gasteiger partial charge in [-0.05, 0) is 67.0 Å². The number of hydrogen-bond acceptors (Lipinski definition) is 5. The van der Waals surface area contributed by atoms with Gasteiger partial charge in [-0.15, -0.1) is 0 Å². The highest BCUT2D eigenvalue weighted by molar-refractivity contribution is 6.46. The third-order valence-corrected chi connectivity index (χ3v) is 6.96. The van der Waals surface area contributed by atoms with E-state index in [-0.39, 0.29) is 11.3 Å². The van der Waals surface area contributed by atoms with Crippen LogP contribution in [-0.2, 0) is 16.2 Å². The van der Waals surface area contributed by atoms with E-state index >= 15 is 0 Å². The summed E-state index contributed by atoms with van der Waals surface area (Å²) in [6.45, 7) is 8.81. The average Bonchev–Trinajstić information content (AvgIpc) is 3.18. The minimum Gasteiger partial charge on any atom is -0.507 e. The van der Waals surface area contributed by atoms with Gasteiger partial charge in [0.15, 0.2) is 0 Å². The molecule has 0 radical (unpaired) electrons. The van der Waals surface area contributed by atoms with Gasteiger partial charge in [-0.25, -0.2) is 4.39 Å². The smallest absolute Gasteiger partial charge is 0.295 e. The predicted octanol–water partition coefficient (Wildman–Crippen LogP) is 5.48. The Balaban J connectivity index is 1.68. The first-order valence-electron chi connectivity index (χ1n) is 12.9. The van der Waals surface area contributed by atoms with Crippen molar-refractivity contribution in [3.8, 4) is 5.75 Å². The Morgan fingerprint density at radius 2 is 1.68 bits per heavy atom. The summed E-state index contributed by atoms with van der Waals surface area (Å²) >= 11 is 0. The lowest BCUT2D eigenvalue weighted by atomic mass is 9.94. The highest BCUT2D eigenvalue weighted by Gasteiger charge is 2.46. The maximum atomic E-state index is 13.7. The van der Waals surface area contributed by atoms with E-state index in [0.717, 1.165) is 24.2 Å². The summed E-state index contributed by atoms with van der Waals surface area (Å²) < 4.78 is 19.7. The Morgan fingerprint density at radius 1 is 1.00 bits per heavy atom. The molecule has 1 amide bonds. The Labute approximate surface area is 223 Å². The Kier molecular flexibility index (Phi) is 8.59. The highest BCUT2D eigenvalue weighted by atomic mass is 19.1. The van der Waals surface area contributed by atoms with Gasteiger partial charge in [0, 0.05) is 18.7 Å². The molecule has 7 heteroatoms. The molecule has 198 valence electrons. The van der Waals surface area contributed by atoms with Gasteiger partial charge in [-0.2, -0.15) is 0 Å². The van der Waals surface area contributed by atoms with Crippen molar-refractivity contribution in [1.82, 2.24) is 9.80 Å². The lowest BCUT2D eigenvalue weighted by molar-refractivity contribution is -0.140. The van der Waals surface area contributed by atoms with Gasteiger partial charge in [0.05, 0.1) is 11.6 Å². The van der Waals surface area contributed by atoms with Gasteiger partial charge in [-0.3, -0.25) is 9.59 Å². The highest BCUT2D eigenvalue weighted by Crippen LogP contribution is 2.39. The summed E-state index contributed by atoms with van der Waals surface area (Å²) in [7, 11) is 0. The molecule has 0 bridgehead atoms. The number of halogens is 1. The van der Waals surface area contributed by atoms with Crippen LogP contribution in [0.25, 0.3) is 5.76 Å². The molecular formula is C31H33FN2O4. The van der Waals surface area contributed by atoms with Crippen LogP contribution < -0.4 is 4.74 Å². The van der Waals surface area contributed by atoms with E-state index in [1.54, 1.807) is 30.3 Å². The molecule has 1 aliphatic heterocycles. The second-order valence-corrected chi connectivity index (χ2v) is 9.33. The van der Waals surface area contributed by atoms with Crippen molar-refractivity contribution in [3.05, 3.63) is 106 Å². The molecule has 3 aromatic rings. The molecule has 0 saturated carbocycles. The zero-order valence-corrected chi connectivity index (χ0v) is 22.0. The number of ether oxygens (including phenoxy) is 1. The monoisotopic (exact) mass is 516 g/mol. The van der Waals surface area contributed by atoms with E-state index in [1.165, 1.54) is 17.0 Å². The van der Waals surface area contributed by atoms with Gasteiger partial charge < -0.3 is 19.6 Å². The van der Waals surface area contributed by atoms with E-state index in [2.05, 4.69) is 4.90 Å². The van der Waals surface area contributed by atoms with Gasteiger partial charge >= 0.3 is 0 Å². The van der Waals surface area contributed by atoms with E-state index < -0.39 is 23.5 Å². The zero-order chi connectivity index (χ0) is 27.2. The number of likely N-dealkylation sites (tertiary alicyclic amines) is 1. The van der Waals surface area contributed by atoms with E-state index in [9.17, 15) is 19.1 Å². The molecule has 6 nitrogen and oxygen atoms in total. The van der Waals surface area contributed by atoms with Crippen molar-refractivity contribution in [2.24, 2.45) is 0 Å². The first-order valence-corrected chi connectivity index (χ1v) is 12.9. The molecule has 0 unspecified atom stereocenters. The molecular weight excluding hydrogens is 483 g/mol. The third kappa shape index (κ3) is 5.78. The molecule has 0 aliphatic carbocycles. The number of carbonyl (C=O) groups is 2. The number of carbonyl (C=O) groups excluding carboxylic acids is 2. The maximum absolute atomic E-state index is 13.7. The number of aliphatic hydroxyl groups excluding tert-OH is 1. The molecule has 1 atom stereocenters. The van der Waals surface area contributed by atoms with Crippen molar-refractivity contribution in [2.75, 3.05) is 26.2 Å². The normalized spacial score (nSPS) is 16.9. The van der Waals surface area contributed by atoms with Gasteiger partial charge in [0.2, 0.25) is 0 Å². The zero-order valence-electron chi connectivity index (χ0n) is 22.0. The SMILES string of the molecule is CCN(CC)CCN1C(=O)C(=O)/C(=C(/O)c2ccc(OCc3ccccc3)c(C)c2)[C@@H]1c1ccc(F)cc1. The Hall–Kier alpha value is -3.97. The molecule has 1 N–H and O–H groups in total. The Morgan fingerprint density at radius 3 is 2.32 bits per heavy atom. The second-order valence-electron chi connectivity index (χ2n) is 9.33. The number of aliphatic hydroxyl groups is 1. The van der Waals surface area contributed by atoms with E-state index in [0.29, 0.717) is 36.6 Å². The number of nitrogens with zero attached hydrogens (tertiary/aromatic N) is 2. The second kappa shape index (κ2) is 12.0. The van der Waals surface area contributed by atoms with Gasteiger partial charge in [-0.1, -0.05) is 56.3 Å². The van der Waals surface area contributed by atoms with Crippen LogP contribution in [0.5, 0.6) is 5.75 Å². The van der Waals surface area contributed by atoms with Crippen molar-refractivity contribution in [1.29, 1.82) is 0 Å². The number of ketones is 1. The van der Waals surface area contributed by atoms with Crippen LogP contribution in [0.3, 0.4) is 0 Å². The lowest BCUT2D eigenvalue weighted by Gasteiger charge is -2.28. The summed E-state index contributed by atoms with van der Waals surface area (Å²) in [5.41, 5.74) is 2.77. The van der Waals surface area contributed by atoms with Crippen LogP contribution in [0, 0.1) is 12.7 Å². The Bertz CT molecular complexity index is 1320. The first-order chi connectivity index (χ1) is 18.3. The summed E-state index contributed by atoms with van der Waals surface area (Å²) in [6.07, 6.45) is 0. The van der Waals surface area contributed by atoms with Crippen LogP contribution in [0.1, 0.15) is 42.1 Å². The van der Waals surface area contributed by atoms with Crippen LogP contribution in [-0.4, -0.2) is 52.8 Å². The molecule has 38 heavy (non-hydrogen) atoms. The topological polar surface area (TPSA) is 70.1 Å². The van der Waals surface area contributed by atoms with E-state index in [4.69, 9.17) is 4.74 Å². The van der Waals surface area contributed by atoms with Crippen LogP contribution >= 0.6 is 0 Å². The number of hydrogen-bond donors (Lipinski definition) is 1. The van der Waals surface area contributed by atoms with Crippen molar-refractivity contribution < 1.29 is 23.8 Å². The standard InChI is InChI=1S/C31H33FN2O4/c1-4-33(5-2)17-18-34-28(23-11-14-25(32)15-12-23)27(30(36)31(34)37)29(35)24-13-16-26(21(3)19-24)38-20-22-9-7-6-8-10-22/h6-16,19,28,35H,4-5,17-18,20H2,1-3H3/b29-27+/t28-/m0/s1. The molecule has 1 aliphatic rings. The molecule has 4 rings (SSSR count). The van der Waals surface area contributed by atoms with Crippen molar-refractivity contribution in [3.63, 3.8) is 0 Å². The fourth-order valence-corrected chi connectivity index (χ4v) is 4.74. The molecule has 1 fully saturated rings. The molecule has 1 saturated heterocycles. The fourth-order valence-electron chi connectivity index (χ4n) is 4.74. The summed E-state index contributed by atoms with van der Waals surface area (Å²) in [5, 5.41) is 11.4. The minimum atomic E-state index is -0.819. The van der Waals surface area contributed by atoms with Gasteiger partial charge in [0.1, 0.15) is 23.9 Å². The maximum Gasteiger partial charge on any atom is 0.295 e. The van der Waals surface area contributed by atoms with Crippen molar-refractivity contribution in [2.45, 2.75) is 33.4 Å². The third-order valence-electron chi connectivity index (χ3n) is 6.96. The number of benzene rings is 3. The quantitative estimate of drug-likeness (QED) is 0.220. The average molecular weight is 517 g/mol. The number of aryl methyl sites for hydroxylation is 1. The molecule has 0 aromatic heterocycles. The molecule has 3 aromatic carbocycles. The summed E-state index contributed by atoms with van der Waals surface area (Å²) in [6, 6.07) is 19.8. The van der Waals surface area contributed by atoms with E-state index in [1.807, 2.05) is 51.1 Å². The molecule has 1 heterocycles. The molecule has 0 spiro atoms. The number of rotatable bonds is 10. The fraction of sp³-hybridized carbons (Fsp3) is 0.290. The van der Waals surface area contributed by atoms with Crippen LogP contribution in [0.15, 0.2) is 78.4 Å². The number of Topliss-reactive ketones (excluding diaryl/α,β-unsaturated/α-hetero) is 1. The van der Waals surface area contributed by atoms with Crippen molar-refractivity contribution >= 4 is 17.4 Å². The number of amides is 1. The first kappa shape index (κ1) is 27.1. The summed E-state index contributed by atoms with van der Waals surface area (Å²) in [4.78, 5) is 30.0.